The van der Waals surface area contributed by atoms with Gasteiger partial charge in [0.25, 0.3) is 0 Å². The normalized spacial score (nSPS) is 24.8. The van der Waals surface area contributed by atoms with E-state index in [4.69, 9.17) is 4.74 Å². The minimum Gasteiger partial charge on any atom is -0.383 e. The molecule has 1 N–H and O–H groups in total. The zero-order chi connectivity index (χ0) is 14.4. The molecular formula is C14H29N3O2. The Morgan fingerprint density at radius 2 is 1.89 bits per heavy atom. The number of nitrogens with zero attached hydrogens (tertiary/aromatic N) is 2. The van der Waals surface area contributed by atoms with E-state index in [0.29, 0.717) is 18.0 Å². The highest BCUT2D eigenvalue weighted by Gasteiger charge is 2.31. The predicted molar refractivity (Wildman–Crippen MR) is 77.3 cm³/mol. The van der Waals surface area contributed by atoms with E-state index in [1.807, 2.05) is 4.90 Å². The molecule has 19 heavy (non-hydrogen) atoms. The lowest BCUT2D eigenvalue weighted by molar-refractivity contribution is 0.0347. The van der Waals surface area contributed by atoms with Gasteiger partial charge in [-0.25, -0.2) is 4.79 Å². The third kappa shape index (κ3) is 4.99. The fourth-order valence-corrected chi connectivity index (χ4v) is 2.56. The molecule has 5 nitrogen and oxygen atoms in total. The van der Waals surface area contributed by atoms with Crippen molar-refractivity contribution in [2.75, 3.05) is 39.9 Å². The second-order valence-corrected chi connectivity index (χ2v) is 5.91. The van der Waals surface area contributed by atoms with E-state index in [1.54, 1.807) is 7.11 Å². The number of piperazine rings is 1. The van der Waals surface area contributed by atoms with E-state index >= 15 is 0 Å². The van der Waals surface area contributed by atoms with Crippen LogP contribution >= 0.6 is 0 Å². The van der Waals surface area contributed by atoms with Crippen LogP contribution in [-0.2, 0) is 4.74 Å². The fourth-order valence-electron chi connectivity index (χ4n) is 2.56. The molecule has 1 fully saturated rings. The van der Waals surface area contributed by atoms with Gasteiger partial charge in [-0.3, -0.25) is 4.90 Å². The van der Waals surface area contributed by atoms with Crippen molar-refractivity contribution in [2.45, 2.75) is 39.8 Å². The number of nitrogens with one attached hydrogen (secondary N) is 1. The quantitative estimate of drug-likeness (QED) is 0.822. The minimum atomic E-state index is 0.0683. The molecule has 0 aliphatic carbocycles. The highest BCUT2D eigenvalue weighted by atomic mass is 16.5. The number of amides is 2. The summed E-state index contributed by atoms with van der Waals surface area (Å²) in [4.78, 5) is 16.4. The summed E-state index contributed by atoms with van der Waals surface area (Å²) in [6.07, 6.45) is 0. The Kier molecular flexibility index (Phi) is 6.58. The van der Waals surface area contributed by atoms with Gasteiger partial charge in [0.05, 0.1) is 6.61 Å². The van der Waals surface area contributed by atoms with Crippen LogP contribution in [0.15, 0.2) is 0 Å². The van der Waals surface area contributed by atoms with Gasteiger partial charge < -0.3 is 15.0 Å². The number of carbonyl (C=O) groups excluding carboxylic acids is 1. The van der Waals surface area contributed by atoms with Crippen LogP contribution in [-0.4, -0.2) is 67.8 Å². The summed E-state index contributed by atoms with van der Waals surface area (Å²) in [5.41, 5.74) is 0. The molecule has 1 aliphatic heterocycles. The van der Waals surface area contributed by atoms with Crippen molar-refractivity contribution in [3.05, 3.63) is 0 Å². The molecule has 0 radical (unpaired) electrons. The molecular weight excluding hydrogens is 242 g/mol. The van der Waals surface area contributed by atoms with Gasteiger partial charge in [-0.05, 0) is 19.8 Å². The summed E-state index contributed by atoms with van der Waals surface area (Å²) < 4.78 is 5.15. The van der Waals surface area contributed by atoms with Crippen molar-refractivity contribution in [1.82, 2.24) is 15.1 Å². The Bertz CT molecular complexity index is 272. The molecule has 0 bridgehead atoms. The van der Waals surface area contributed by atoms with E-state index in [9.17, 15) is 4.79 Å². The first kappa shape index (κ1) is 16.2. The van der Waals surface area contributed by atoms with E-state index in [1.165, 1.54) is 0 Å². The zero-order valence-electron chi connectivity index (χ0n) is 13.0. The highest BCUT2D eigenvalue weighted by molar-refractivity contribution is 5.74. The number of hydrogen-bond donors (Lipinski definition) is 1. The van der Waals surface area contributed by atoms with Crippen LogP contribution in [0.2, 0.25) is 0 Å². The molecule has 5 heteroatoms. The Morgan fingerprint density at radius 3 is 2.37 bits per heavy atom. The monoisotopic (exact) mass is 271 g/mol. The Hall–Kier alpha value is -0.810. The van der Waals surface area contributed by atoms with Crippen molar-refractivity contribution in [3.63, 3.8) is 0 Å². The summed E-state index contributed by atoms with van der Waals surface area (Å²) in [5.74, 6) is 0.488. The molecule has 0 spiro atoms. The molecule has 2 unspecified atom stereocenters. The first-order chi connectivity index (χ1) is 8.95. The van der Waals surface area contributed by atoms with Crippen LogP contribution in [0.3, 0.4) is 0 Å². The van der Waals surface area contributed by atoms with E-state index < -0.39 is 0 Å². The third-order valence-corrected chi connectivity index (χ3v) is 3.60. The van der Waals surface area contributed by atoms with E-state index in [2.05, 4.69) is 37.9 Å². The van der Waals surface area contributed by atoms with E-state index in [-0.39, 0.29) is 6.03 Å². The maximum absolute atomic E-state index is 12.1. The third-order valence-electron chi connectivity index (χ3n) is 3.60. The Balaban J connectivity index is 2.47. The lowest BCUT2D eigenvalue weighted by Gasteiger charge is -2.44. The molecule has 1 aliphatic rings. The summed E-state index contributed by atoms with van der Waals surface area (Å²) in [5, 5.41) is 2.99. The van der Waals surface area contributed by atoms with Crippen molar-refractivity contribution in [3.8, 4) is 0 Å². The average molecular weight is 271 g/mol. The molecule has 0 aromatic rings. The van der Waals surface area contributed by atoms with Crippen LogP contribution in [0.25, 0.3) is 0 Å². The Morgan fingerprint density at radius 1 is 1.32 bits per heavy atom. The average Bonchev–Trinajstić information content (AvgIpc) is 2.34. The van der Waals surface area contributed by atoms with Gasteiger partial charge >= 0.3 is 6.03 Å². The smallest absolute Gasteiger partial charge is 0.317 e. The molecule has 0 aromatic carbocycles. The number of methoxy groups -OCH3 is 1. The first-order valence-corrected chi connectivity index (χ1v) is 7.23. The molecule has 2 atom stereocenters. The van der Waals surface area contributed by atoms with Crippen molar-refractivity contribution >= 4 is 6.03 Å². The number of hydrogen-bond acceptors (Lipinski definition) is 3. The molecule has 1 heterocycles. The number of rotatable bonds is 5. The lowest BCUT2D eigenvalue weighted by Crippen LogP contribution is -2.60. The number of carbonyl (C=O) groups is 1. The molecule has 0 aromatic heterocycles. The van der Waals surface area contributed by atoms with Gasteiger partial charge in [-0.2, -0.15) is 0 Å². The predicted octanol–water partition coefficient (Wildman–Crippen LogP) is 1.39. The number of ether oxygens (including phenoxy) is 1. The summed E-state index contributed by atoms with van der Waals surface area (Å²) in [6.45, 7) is 12.6. The highest BCUT2D eigenvalue weighted by Crippen LogP contribution is 2.15. The van der Waals surface area contributed by atoms with Crippen molar-refractivity contribution in [2.24, 2.45) is 5.92 Å². The Labute approximate surface area is 117 Å². The first-order valence-electron chi connectivity index (χ1n) is 7.23. The van der Waals surface area contributed by atoms with Crippen molar-refractivity contribution < 1.29 is 9.53 Å². The molecule has 2 amide bonds. The second-order valence-electron chi connectivity index (χ2n) is 5.91. The SMILES string of the molecule is COCCN1C(C)CN(C(=O)NCC(C)C)CC1C. The van der Waals surface area contributed by atoms with E-state index in [0.717, 1.165) is 32.8 Å². The van der Waals surface area contributed by atoms with Gasteiger partial charge in [0.2, 0.25) is 0 Å². The second kappa shape index (κ2) is 7.70. The molecule has 1 rings (SSSR count). The van der Waals surface area contributed by atoms with Gasteiger partial charge in [-0.15, -0.1) is 0 Å². The van der Waals surface area contributed by atoms with Crippen molar-refractivity contribution in [1.29, 1.82) is 0 Å². The maximum Gasteiger partial charge on any atom is 0.317 e. The van der Waals surface area contributed by atoms with Crippen LogP contribution in [0.4, 0.5) is 4.79 Å². The van der Waals surface area contributed by atoms with Gasteiger partial charge in [-0.1, -0.05) is 13.8 Å². The summed E-state index contributed by atoms with van der Waals surface area (Å²) in [6, 6.07) is 0.825. The van der Waals surface area contributed by atoms with Gasteiger partial charge in [0.15, 0.2) is 0 Å². The van der Waals surface area contributed by atoms with Crippen LogP contribution < -0.4 is 5.32 Å². The molecule has 1 saturated heterocycles. The topological polar surface area (TPSA) is 44.8 Å². The fraction of sp³-hybridized carbons (Fsp3) is 0.929. The molecule has 0 saturated carbocycles. The van der Waals surface area contributed by atoms with Crippen LogP contribution in [0.5, 0.6) is 0 Å². The standard InChI is InChI=1S/C14H29N3O2/c1-11(2)8-15-14(18)16-9-12(3)17(6-7-19-5)13(4)10-16/h11-13H,6-10H2,1-5H3,(H,15,18). The van der Waals surface area contributed by atoms with Gasteiger partial charge in [0.1, 0.15) is 0 Å². The summed E-state index contributed by atoms with van der Waals surface area (Å²) >= 11 is 0. The lowest BCUT2D eigenvalue weighted by atomic mass is 10.1. The van der Waals surface area contributed by atoms with Crippen LogP contribution in [0.1, 0.15) is 27.7 Å². The van der Waals surface area contributed by atoms with Crippen LogP contribution in [0, 0.1) is 5.92 Å². The summed E-state index contributed by atoms with van der Waals surface area (Å²) in [7, 11) is 1.73. The number of urea groups is 1. The van der Waals surface area contributed by atoms with Gasteiger partial charge in [0, 0.05) is 45.4 Å². The largest absolute Gasteiger partial charge is 0.383 e. The minimum absolute atomic E-state index is 0.0683. The molecule has 112 valence electrons. The maximum atomic E-state index is 12.1. The zero-order valence-corrected chi connectivity index (χ0v) is 13.0.